The molecular weight excluding hydrogens is 346 g/mol. The molecule has 0 bridgehead atoms. The average molecular weight is 373 g/mol. The minimum atomic E-state index is -0.767. The lowest BCUT2D eigenvalue weighted by Crippen LogP contribution is -2.53. The lowest BCUT2D eigenvalue weighted by Gasteiger charge is -2.29. The Morgan fingerprint density at radius 3 is 2.48 bits per heavy atom. The lowest BCUT2D eigenvalue weighted by molar-refractivity contribution is -0.142. The van der Waals surface area contributed by atoms with E-state index in [0.29, 0.717) is 25.7 Å². The van der Waals surface area contributed by atoms with Gasteiger partial charge in [0, 0.05) is 17.8 Å². The molecule has 2 unspecified atom stereocenters. The Bertz CT molecular complexity index is 728. The van der Waals surface area contributed by atoms with Crippen molar-refractivity contribution in [3.8, 4) is 0 Å². The van der Waals surface area contributed by atoms with Gasteiger partial charge in [-0.25, -0.2) is 4.79 Å². The van der Waals surface area contributed by atoms with E-state index in [4.69, 9.17) is 5.11 Å². The SMILES string of the molecule is CC(NC(=O)NC1CCC(C(=O)O)CC1)C(=O)N1c2ccccc2CC1C. The van der Waals surface area contributed by atoms with Crippen LogP contribution in [0.4, 0.5) is 10.5 Å². The third kappa shape index (κ3) is 4.23. The highest BCUT2D eigenvalue weighted by Crippen LogP contribution is 2.32. The van der Waals surface area contributed by atoms with Crippen LogP contribution in [-0.2, 0) is 16.0 Å². The van der Waals surface area contributed by atoms with Crippen LogP contribution in [0.15, 0.2) is 24.3 Å². The Morgan fingerprint density at radius 1 is 1.15 bits per heavy atom. The second-order valence-electron chi connectivity index (χ2n) is 7.62. The molecule has 7 heteroatoms. The van der Waals surface area contributed by atoms with Crippen LogP contribution < -0.4 is 15.5 Å². The fourth-order valence-corrected chi connectivity index (χ4v) is 4.08. The number of urea groups is 1. The van der Waals surface area contributed by atoms with Crippen molar-refractivity contribution in [1.29, 1.82) is 0 Å². The van der Waals surface area contributed by atoms with Gasteiger partial charge in [0.15, 0.2) is 0 Å². The standard InChI is InChI=1S/C20H27N3O4/c1-12-11-15-5-3-4-6-17(15)23(12)18(24)13(2)21-20(27)22-16-9-7-14(8-10-16)19(25)26/h3-6,12-14,16H,7-11H2,1-2H3,(H,25,26)(H2,21,22,27). The van der Waals surface area contributed by atoms with E-state index >= 15 is 0 Å². The van der Waals surface area contributed by atoms with Crippen LogP contribution in [0.3, 0.4) is 0 Å². The molecule has 27 heavy (non-hydrogen) atoms. The van der Waals surface area contributed by atoms with Crippen molar-refractivity contribution >= 4 is 23.6 Å². The summed E-state index contributed by atoms with van der Waals surface area (Å²) in [6.07, 6.45) is 3.23. The van der Waals surface area contributed by atoms with E-state index in [1.807, 2.05) is 31.2 Å². The summed E-state index contributed by atoms with van der Waals surface area (Å²) in [5, 5.41) is 14.6. The number of nitrogens with zero attached hydrogens (tertiary/aromatic N) is 1. The molecule has 0 spiro atoms. The summed E-state index contributed by atoms with van der Waals surface area (Å²) >= 11 is 0. The lowest BCUT2D eigenvalue weighted by atomic mass is 9.86. The maximum Gasteiger partial charge on any atom is 0.315 e. The maximum atomic E-state index is 12.9. The molecule has 1 aliphatic carbocycles. The molecule has 3 rings (SSSR count). The van der Waals surface area contributed by atoms with Gasteiger partial charge in [0.05, 0.1) is 5.92 Å². The molecule has 7 nitrogen and oxygen atoms in total. The summed E-state index contributed by atoms with van der Waals surface area (Å²) in [6, 6.07) is 6.83. The molecule has 146 valence electrons. The van der Waals surface area contributed by atoms with E-state index in [1.165, 1.54) is 0 Å². The number of carboxylic acids is 1. The molecule has 0 aromatic heterocycles. The van der Waals surface area contributed by atoms with E-state index < -0.39 is 12.0 Å². The van der Waals surface area contributed by atoms with E-state index in [1.54, 1.807) is 11.8 Å². The number of anilines is 1. The number of aliphatic carboxylic acids is 1. The third-order valence-electron chi connectivity index (χ3n) is 5.57. The Morgan fingerprint density at radius 2 is 1.81 bits per heavy atom. The van der Waals surface area contributed by atoms with E-state index in [0.717, 1.165) is 17.7 Å². The summed E-state index contributed by atoms with van der Waals surface area (Å²) in [5.74, 6) is -1.21. The molecule has 0 radical (unpaired) electrons. The highest BCUT2D eigenvalue weighted by Gasteiger charge is 2.34. The zero-order valence-electron chi connectivity index (χ0n) is 15.8. The van der Waals surface area contributed by atoms with Gasteiger partial charge in [0.1, 0.15) is 6.04 Å². The van der Waals surface area contributed by atoms with Gasteiger partial charge in [-0.05, 0) is 57.6 Å². The fraction of sp³-hybridized carbons (Fsp3) is 0.550. The number of nitrogens with one attached hydrogen (secondary N) is 2. The number of fused-ring (bicyclic) bond motifs is 1. The number of benzene rings is 1. The molecule has 2 atom stereocenters. The molecule has 0 saturated heterocycles. The van der Waals surface area contributed by atoms with Gasteiger partial charge in [-0.3, -0.25) is 9.59 Å². The normalized spacial score (nSPS) is 25.4. The number of rotatable bonds is 4. The van der Waals surface area contributed by atoms with Crippen molar-refractivity contribution in [2.24, 2.45) is 5.92 Å². The largest absolute Gasteiger partial charge is 0.481 e. The van der Waals surface area contributed by atoms with Crippen molar-refractivity contribution in [3.63, 3.8) is 0 Å². The van der Waals surface area contributed by atoms with Gasteiger partial charge in [-0.15, -0.1) is 0 Å². The van der Waals surface area contributed by atoms with E-state index in [-0.39, 0.29) is 29.9 Å². The third-order valence-corrected chi connectivity index (χ3v) is 5.57. The summed E-state index contributed by atoms with van der Waals surface area (Å²) in [4.78, 5) is 37.9. The average Bonchev–Trinajstić information content (AvgIpc) is 2.97. The smallest absolute Gasteiger partial charge is 0.315 e. The number of amides is 3. The number of hydrogen-bond donors (Lipinski definition) is 3. The van der Waals surface area contributed by atoms with Crippen molar-refractivity contribution in [1.82, 2.24) is 10.6 Å². The van der Waals surface area contributed by atoms with Gasteiger partial charge in [-0.2, -0.15) is 0 Å². The topological polar surface area (TPSA) is 98.7 Å². The maximum absolute atomic E-state index is 12.9. The second-order valence-corrected chi connectivity index (χ2v) is 7.62. The monoisotopic (exact) mass is 373 g/mol. The van der Waals surface area contributed by atoms with Crippen molar-refractivity contribution < 1.29 is 19.5 Å². The molecule has 1 saturated carbocycles. The first-order valence-electron chi connectivity index (χ1n) is 9.57. The molecule has 2 aliphatic rings. The van der Waals surface area contributed by atoms with E-state index in [9.17, 15) is 14.4 Å². The number of para-hydroxylation sites is 1. The van der Waals surface area contributed by atoms with Gasteiger partial charge >= 0.3 is 12.0 Å². The van der Waals surface area contributed by atoms with Crippen LogP contribution in [0, 0.1) is 5.92 Å². The first-order valence-corrected chi connectivity index (χ1v) is 9.57. The van der Waals surface area contributed by atoms with Crippen LogP contribution >= 0.6 is 0 Å². The molecule has 1 heterocycles. The molecule has 1 aliphatic heterocycles. The minimum absolute atomic E-state index is 0.0469. The zero-order chi connectivity index (χ0) is 19.6. The van der Waals surface area contributed by atoms with Crippen LogP contribution in [0.1, 0.15) is 45.1 Å². The Balaban J connectivity index is 1.53. The highest BCUT2D eigenvalue weighted by molar-refractivity contribution is 6.00. The van der Waals surface area contributed by atoms with Gasteiger partial charge in [0.25, 0.3) is 0 Å². The van der Waals surface area contributed by atoms with Crippen LogP contribution in [-0.4, -0.2) is 41.1 Å². The van der Waals surface area contributed by atoms with Gasteiger partial charge in [-0.1, -0.05) is 18.2 Å². The Labute approximate surface area is 159 Å². The van der Waals surface area contributed by atoms with Crippen LogP contribution in [0.2, 0.25) is 0 Å². The van der Waals surface area contributed by atoms with E-state index in [2.05, 4.69) is 10.6 Å². The van der Waals surface area contributed by atoms with Crippen molar-refractivity contribution in [2.45, 2.75) is 64.1 Å². The molecule has 1 aromatic rings. The van der Waals surface area contributed by atoms with Gasteiger partial charge < -0.3 is 20.6 Å². The molecule has 3 N–H and O–H groups in total. The second kappa shape index (κ2) is 7.98. The Kier molecular flexibility index (Phi) is 5.68. The number of carbonyl (C=O) groups is 3. The molecular formula is C20H27N3O4. The predicted octanol–water partition coefficient (Wildman–Crippen LogP) is 2.30. The zero-order valence-corrected chi connectivity index (χ0v) is 15.8. The predicted molar refractivity (Wildman–Crippen MR) is 102 cm³/mol. The summed E-state index contributed by atoms with van der Waals surface area (Å²) in [5.41, 5.74) is 2.06. The van der Waals surface area contributed by atoms with Crippen LogP contribution in [0.5, 0.6) is 0 Å². The van der Waals surface area contributed by atoms with Crippen molar-refractivity contribution in [3.05, 3.63) is 29.8 Å². The number of hydrogen-bond acceptors (Lipinski definition) is 3. The quantitative estimate of drug-likeness (QED) is 0.754. The highest BCUT2D eigenvalue weighted by atomic mass is 16.4. The van der Waals surface area contributed by atoms with Gasteiger partial charge in [0.2, 0.25) is 5.91 Å². The summed E-state index contributed by atoms with van der Waals surface area (Å²) in [7, 11) is 0. The molecule has 1 fully saturated rings. The minimum Gasteiger partial charge on any atom is -0.481 e. The first-order chi connectivity index (χ1) is 12.9. The fourth-order valence-electron chi connectivity index (χ4n) is 4.08. The number of carboxylic acid groups (broad SMARTS) is 1. The molecule has 3 amide bonds. The number of carbonyl (C=O) groups excluding carboxylic acids is 2. The Hall–Kier alpha value is -2.57. The first kappa shape index (κ1) is 19.2. The molecule has 1 aromatic carbocycles. The van der Waals surface area contributed by atoms with Crippen molar-refractivity contribution in [2.75, 3.05) is 4.90 Å². The van der Waals surface area contributed by atoms with Crippen LogP contribution in [0.25, 0.3) is 0 Å². The summed E-state index contributed by atoms with van der Waals surface area (Å²) < 4.78 is 0. The summed E-state index contributed by atoms with van der Waals surface area (Å²) in [6.45, 7) is 3.70.